The second kappa shape index (κ2) is 7.94. The molecule has 1 aliphatic heterocycles. The first kappa shape index (κ1) is 16.5. The van der Waals surface area contributed by atoms with Gasteiger partial charge in [0.05, 0.1) is 5.92 Å². The van der Waals surface area contributed by atoms with Crippen LogP contribution < -0.4 is 11.1 Å². The summed E-state index contributed by atoms with van der Waals surface area (Å²) in [6.07, 6.45) is 1.86. The van der Waals surface area contributed by atoms with Gasteiger partial charge in [-0.1, -0.05) is 30.3 Å². The smallest absolute Gasteiger partial charge is 0.231 e. The lowest BCUT2D eigenvalue weighted by Gasteiger charge is -2.34. The van der Waals surface area contributed by atoms with Gasteiger partial charge in [0, 0.05) is 33.1 Å². The molecule has 2 amide bonds. The van der Waals surface area contributed by atoms with E-state index in [9.17, 15) is 9.59 Å². The summed E-state index contributed by atoms with van der Waals surface area (Å²) in [4.78, 5) is 25.5. The molecule has 0 aliphatic carbocycles. The van der Waals surface area contributed by atoms with Gasteiger partial charge in [-0.3, -0.25) is 9.59 Å². The van der Waals surface area contributed by atoms with Crippen molar-refractivity contribution < 1.29 is 9.59 Å². The molecule has 0 bridgehead atoms. The summed E-state index contributed by atoms with van der Waals surface area (Å²) >= 11 is 0. The van der Waals surface area contributed by atoms with E-state index in [4.69, 9.17) is 5.73 Å². The number of amides is 2. The Hall–Kier alpha value is -1.88. The van der Waals surface area contributed by atoms with Crippen molar-refractivity contribution in [1.82, 2.24) is 10.2 Å². The summed E-state index contributed by atoms with van der Waals surface area (Å²) in [6.45, 7) is 4.05. The molecule has 1 heterocycles. The third kappa shape index (κ3) is 4.31. The lowest BCUT2D eigenvalue weighted by Crippen LogP contribution is -2.44. The van der Waals surface area contributed by atoms with Crippen LogP contribution in [0.2, 0.25) is 0 Å². The fourth-order valence-corrected chi connectivity index (χ4v) is 2.93. The Bertz CT molecular complexity index is 496. The van der Waals surface area contributed by atoms with Crippen LogP contribution in [0.15, 0.2) is 30.3 Å². The van der Waals surface area contributed by atoms with Gasteiger partial charge in [0.1, 0.15) is 0 Å². The Morgan fingerprint density at radius 3 is 2.45 bits per heavy atom. The molecule has 0 saturated carbocycles. The summed E-state index contributed by atoms with van der Waals surface area (Å²) in [7, 11) is 0. The van der Waals surface area contributed by atoms with Crippen molar-refractivity contribution >= 4 is 11.8 Å². The Labute approximate surface area is 131 Å². The molecule has 1 aromatic rings. The second-order valence-corrected chi connectivity index (χ2v) is 5.90. The second-order valence-electron chi connectivity index (χ2n) is 5.90. The normalized spacial score (nSPS) is 17.1. The minimum absolute atomic E-state index is 0.00535. The summed E-state index contributed by atoms with van der Waals surface area (Å²) in [6, 6.07) is 9.73. The van der Waals surface area contributed by atoms with Gasteiger partial charge in [-0.05, 0) is 24.3 Å². The average molecular weight is 303 g/mol. The minimum Gasteiger partial charge on any atom is -0.356 e. The van der Waals surface area contributed by atoms with E-state index < -0.39 is 0 Å². The number of nitrogens with one attached hydrogen (secondary N) is 1. The van der Waals surface area contributed by atoms with Crippen LogP contribution in [0.3, 0.4) is 0 Å². The van der Waals surface area contributed by atoms with Crippen LogP contribution in [0.4, 0.5) is 0 Å². The van der Waals surface area contributed by atoms with Gasteiger partial charge < -0.3 is 16.0 Å². The number of carbonyl (C=O) groups excluding carboxylic acids is 2. The number of hydrogen-bond donors (Lipinski definition) is 2. The molecule has 1 aromatic carbocycles. The van der Waals surface area contributed by atoms with E-state index in [0.717, 1.165) is 31.5 Å². The molecular formula is C17H25N3O2. The van der Waals surface area contributed by atoms with E-state index in [1.807, 2.05) is 35.2 Å². The van der Waals surface area contributed by atoms with Gasteiger partial charge in [0.25, 0.3) is 0 Å². The van der Waals surface area contributed by atoms with Crippen LogP contribution in [0.5, 0.6) is 0 Å². The van der Waals surface area contributed by atoms with Crippen LogP contribution in [-0.4, -0.2) is 42.9 Å². The molecule has 1 aliphatic rings. The molecule has 1 unspecified atom stereocenters. The average Bonchev–Trinajstić information content (AvgIpc) is 2.55. The molecule has 5 heteroatoms. The third-order valence-corrected chi connectivity index (χ3v) is 4.30. The summed E-state index contributed by atoms with van der Waals surface area (Å²) in [5.41, 5.74) is 6.81. The van der Waals surface area contributed by atoms with Crippen molar-refractivity contribution in [3.05, 3.63) is 35.9 Å². The molecule has 120 valence electrons. The maximum Gasteiger partial charge on any atom is 0.231 e. The molecule has 0 aromatic heterocycles. The molecule has 1 saturated heterocycles. The number of likely N-dealkylation sites (tertiary alicyclic amines) is 1. The van der Waals surface area contributed by atoms with Crippen LogP contribution in [-0.2, 0) is 9.59 Å². The number of nitrogens with two attached hydrogens (primary N) is 1. The molecule has 2 rings (SSSR count). The predicted octanol–water partition coefficient (Wildman–Crippen LogP) is 1.10. The van der Waals surface area contributed by atoms with Crippen LogP contribution in [0.25, 0.3) is 0 Å². The Balaban J connectivity index is 1.90. The van der Waals surface area contributed by atoms with E-state index in [1.54, 1.807) is 0 Å². The maximum absolute atomic E-state index is 12.7. The zero-order valence-corrected chi connectivity index (χ0v) is 13.1. The lowest BCUT2D eigenvalue weighted by molar-refractivity contribution is -0.134. The highest BCUT2D eigenvalue weighted by Crippen LogP contribution is 2.22. The fourth-order valence-electron chi connectivity index (χ4n) is 2.93. The first-order chi connectivity index (χ1) is 10.6. The zero-order valence-electron chi connectivity index (χ0n) is 13.1. The SMILES string of the molecule is CC(=O)NCC1CCN(C(=O)C(CN)c2ccccc2)CC1. The Morgan fingerprint density at radius 1 is 1.27 bits per heavy atom. The Morgan fingerprint density at radius 2 is 1.91 bits per heavy atom. The van der Waals surface area contributed by atoms with Gasteiger partial charge >= 0.3 is 0 Å². The monoisotopic (exact) mass is 303 g/mol. The molecule has 0 radical (unpaired) electrons. The summed E-state index contributed by atoms with van der Waals surface area (Å²) in [5.74, 6) is 0.326. The molecule has 3 N–H and O–H groups in total. The van der Waals surface area contributed by atoms with Crippen molar-refractivity contribution in [1.29, 1.82) is 0 Å². The molecule has 1 atom stereocenters. The summed E-state index contributed by atoms with van der Waals surface area (Å²) in [5, 5.41) is 2.86. The van der Waals surface area contributed by atoms with Gasteiger partial charge in [-0.25, -0.2) is 0 Å². The fraction of sp³-hybridized carbons (Fsp3) is 0.529. The zero-order chi connectivity index (χ0) is 15.9. The van der Waals surface area contributed by atoms with Gasteiger partial charge in [0.2, 0.25) is 11.8 Å². The first-order valence-electron chi connectivity index (χ1n) is 7.90. The number of piperidine rings is 1. The highest BCUT2D eigenvalue weighted by Gasteiger charge is 2.28. The number of benzene rings is 1. The van der Waals surface area contributed by atoms with Gasteiger partial charge in [0.15, 0.2) is 0 Å². The molecular weight excluding hydrogens is 278 g/mol. The topological polar surface area (TPSA) is 75.4 Å². The van der Waals surface area contributed by atoms with E-state index in [2.05, 4.69) is 5.32 Å². The third-order valence-electron chi connectivity index (χ3n) is 4.30. The first-order valence-corrected chi connectivity index (χ1v) is 7.90. The number of carbonyl (C=O) groups is 2. The largest absolute Gasteiger partial charge is 0.356 e. The molecule has 0 spiro atoms. The quantitative estimate of drug-likeness (QED) is 0.855. The van der Waals surface area contributed by atoms with Crippen molar-refractivity contribution in [2.75, 3.05) is 26.2 Å². The van der Waals surface area contributed by atoms with Crippen LogP contribution in [0.1, 0.15) is 31.2 Å². The molecule has 22 heavy (non-hydrogen) atoms. The summed E-state index contributed by atoms with van der Waals surface area (Å²) < 4.78 is 0. The maximum atomic E-state index is 12.7. The van der Waals surface area contributed by atoms with E-state index >= 15 is 0 Å². The van der Waals surface area contributed by atoms with E-state index in [1.165, 1.54) is 6.92 Å². The minimum atomic E-state index is -0.256. The van der Waals surface area contributed by atoms with Crippen molar-refractivity contribution in [2.45, 2.75) is 25.7 Å². The van der Waals surface area contributed by atoms with Gasteiger partial charge in [-0.15, -0.1) is 0 Å². The number of hydrogen-bond acceptors (Lipinski definition) is 3. The van der Waals surface area contributed by atoms with Gasteiger partial charge in [-0.2, -0.15) is 0 Å². The highest BCUT2D eigenvalue weighted by atomic mass is 16.2. The number of rotatable bonds is 5. The highest BCUT2D eigenvalue weighted by molar-refractivity contribution is 5.84. The van der Waals surface area contributed by atoms with E-state index in [0.29, 0.717) is 19.0 Å². The van der Waals surface area contributed by atoms with Crippen molar-refractivity contribution in [2.24, 2.45) is 11.7 Å². The lowest BCUT2D eigenvalue weighted by atomic mass is 9.93. The number of nitrogens with zero attached hydrogens (tertiary/aromatic N) is 1. The van der Waals surface area contributed by atoms with Crippen molar-refractivity contribution in [3.63, 3.8) is 0 Å². The Kier molecular flexibility index (Phi) is 5.95. The van der Waals surface area contributed by atoms with Crippen LogP contribution >= 0.6 is 0 Å². The van der Waals surface area contributed by atoms with Crippen molar-refractivity contribution in [3.8, 4) is 0 Å². The molecule has 5 nitrogen and oxygen atoms in total. The standard InChI is InChI=1S/C17H25N3O2/c1-13(21)19-12-14-7-9-20(10-8-14)17(22)16(11-18)15-5-3-2-4-6-15/h2-6,14,16H,7-12,18H2,1H3,(H,19,21). The van der Waals surface area contributed by atoms with E-state index in [-0.39, 0.29) is 17.7 Å². The predicted molar refractivity (Wildman–Crippen MR) is 86.2 cm³/mol. The van der Waals surface area contributed by atoms with Crippen LogP contribution in [0, 0.1) is 5.92 Å². The molecule has 1 fully saturated rings.